The zero-order valence-corrected chi connectivity index (χ0v) is 10.9. The largest absolute Gasteiger partial charge is 0.573 e. The zero-order chi connectivity index (χ0) is 14.5. The van der Waals surface area contributed by atoms with Crippen LogP contribution in [0.1, 0.15) is 25.8 Å². The minimum atomic E-state index is -4.73. The van der Waals surface area contributed by atoms with Crippen LogP contribution in [0.2, 0.25) is 0 Å². The summed E-state index contributed by atoms with van der Waals surface area (Å²) >= 11 is 0. The van der Waals surface area contributed by atoms with Gasteiger partial charge in [0.25, 0.3) is 0 Å². The van der Waals surface area contributed by atoms with Crippen LogP contribution in [-0.4, -0.2) is 24.6 Å². The molecule has 0 aliphatic rings. The van der Waals surface area contributed by atoms with Crippen molar-refractivity contribution in [2.24, 2.45) is 0 Å². The fraction of sp³-hybridized carbons (Fsp3) is 0.538. The molecule has 1 aromatic rings. The Kier molecular flexibility index (Phi) is 5.20. The van der Waals surface area contributed by atoms with Crippen molar-refractivity contribution >= 4 is 0 Å². The van der Waals surface area contributed by atoms with Crippen LogP contribution in [0.15, 0.2) is 24.3 Å². The number of aliphatic hydroxyl groups is 1. The molecule has 0 heterocycles. The van der Waals surface area contributed by atoms with Crippen LogP contribution in [0.4, 0.5) is 13.2 Å². The third-order valence-electron chi connectivity index (χ3n) is 2.59. The lowest BCUT2D eigenvalue weighted by Gasteiger charge is -2.25. The fourth-order valence-electron chi connectivity index (χ4n) is 1.64. The number of halogens is 3. The molecule has 1 atom stereocenters. The number of hydrogen-bond acceptors (Lipinski definition) is 3. The molecule has 108 valence electrons. The topological polar surface area (TPSA) is 41.5 Å². The third kappa shape index (κ3) is 5.48. The molecule has 6 heteroatoms. The Morgan fingerprint density at radius 1 is 1.32 bits per heavy atom. The first kappa shape index (κ1) is 15.8. The van der Waals surface area contributed by atoms with Crippen molar-refractivity contribution in [3.05, 3.63) is 29.8 Å². The van der Waals surface area contributed by atoms with Gasteiger partial charge in [0.15, 0.2) is 0 Å². The molecule has 0 aliphatic heterocycles. The van der Waals surface area contributed by atoms with Gasteiger partial charge in [-0.2, -0.15) is 0 Å². The molecule has 0 aromatic heterocycles. The van der Waals surface area contributed by atoms with Gasteiger partial charge >= 0.3 is 6.36 Å². The molecule has 2 N–H and O–H groups in total. The van der Waals surface area contributed by atoms with Gasteiger partial charge in [0.05, 0.1) is 5.60 Å². The molecule has 0 fully saturated rings. The molecule has 0 radical (unpaired) electrons. The van der Waals surface area contributed by atoms with Crippen LogP contribution in [-0.2, 0) is 5.60 Å². The summed E-state index contributed by atoms with van der Waals surface area (Å²) in [6, 6.07) is 5.38. The van der Waals surface area contributed by atoms with Crippen molar-refractivity contribution in [1.82, 2.24) is 5.32 Å². The van der Waals surface area contributed by atoms with E-state index in [2.05, 4.69) is 10.1 Å². The van der Waals surface area contributed by atoms with E-state index in [1.807, 2.05) is 6.92 Å². The van der Waals surface area contributed by atoms with Gasteiger partial charge in [-0.15, -0.1) is 13.2 Å². The molecular formula is C13H18F3NO2. The second-order valence-corrected chi connectivity index (χ2v) is 4.53. The van der Waals surface area contributed by atoms with Crippen molar-refractivity contribution in [2.45, 2.75) is 32.2 Å². The average Bonchev–Trinajstić information content (AvgIpc) is 2.27. The van der Waals surface area contributed by atoms with E-state index < -0.39 is 12.0 Å². The van der Waals surface area contributed by atoms with Gasteiger partial charge < -0.3 is 15.2 Å². The Balaban J connectivity index is 2.79. The van der Waals surface area contributed by atoms with E-state index in [1.165, 1.54) is 18.2 Å². The molecule has 1 rings (SSSR count). The minimum absolute atomic E-state index is 0.260. The Morgan fingerprint density at radius 3 is 2.58 bits per heavy atom. The molecule has 0 saturated heterocycles. The first-order valence-corrected chi connectivity index (χ1v) is 6.04. The molecular weight excluding hydrogens is 259 g/mol. The van der Waals surface area contributed by atoms with E-state index >= 15 is 0 Å². The van der Waals surface area contributed by atoms with E-state index in [9.17, 15) is 18.3 Å². The van der Waals surface area contributed by atoms with Crippen molar-refractivity contribution in [3.63, 3.8) is 0 Å². The Bertz CT molecular complexity index is 405. The van der Waals surface area contributed by atoms with Crippen LogP contribution in [0.5, 0.6) is 5.75 Å². The number of nitrogens with one attached hydrogen (secondary N) is 1. The first-order chi connectivity index (χ1) is 8.74. The van der Waals surface area contributed by atoms with Crippen molar-refractivity contribution < 1.29 is 23.0 Å². The summed E-state index contributed by atoms with van der Waals surface area (Å²) in [7, 11) is 0. The smallest absolute Gasteiger partial charge is 0.406 e. The molecule has 1 aromatic carbocycles. The highest BCUT2D eigenvalue weighted by Crippen LogP contribution is 2.27. The summed E-state index contributed by atoms with van der Waals surface area (Å²) < 4.78 is 40.2. The molecule has 0 aliphatic carbocycles. The Labute approximate surface area is 110 Å². The van der Waals surface area contributed by atoms with E-state index in [0.717, 1.165) is 13.0 Å². The molecule has 0 bridgehead atoms. The molecule has 3 nitrogen and oxygen atoms in total. The summed E-state index contributed by atoms with van der Waals surface area (Å²) in [5.74, 6) is -0.333. The highest BCUT2D eigenvalue weighted by atomic mass is 19.4. The number of rotatable bonds is 6. The summed E-state index contributed by atoms with van der Waals surface area (Å²) in [6.45, 7) is 4.52. The Hall–Kier alpha value is -1.27. The van der Waals surface area contributed by atoms with Gasteiger partial charge in [-0.3, -0.25) is 0 Å². The lowest BCUT2D eigenvalue weighted by atomic mass is 9.96. The second kappa shape index (κ2) is 6.25. The maximum absolute atomic E-state index is 12.1. The Morgan fingerprint density at radius 2 is 2.00 bits per heavy atom. The summed E-state index contributed by atoms with van der Waals surface area (Å²) in [5.41, 5.74) is -0.877. The van der Waals surface area contributed by atoms with Crippen molar-refractivity contribution in [1.29, 1.82) is 0 Å². The number of alkyl halides is 3. The summed E-state index contributed by atoms with van der Waals surface area (Å²) in [5, 5.41) is 13.3. The van der Waals surface area contributed by atoms with Gasteiger partial charge in [-0.1, -0.05) is 19.1 Å². The van der Waals surface area contributed by atoms with Gasteiger partial charge in [0.1, 0.15) is 5.75 Å². The maximum Gasteiger partial charge on any atom is 0.573 e. The minimum Gasteiger partial charge on any atom is -0.406 e. The summed E-state index contributed by atoms with van der Waals surface area (Å²) in [6.07, 6.45) is -3.82. The molecule has 0 spiro atoms. The molecule has 0 saturated carbocycles. The van der Waals surface area contributed by atoms with Crippen LogP contribution < -0.4 is 10.1 Å². The predicted molar refractivity (Wildman–Crippen MR) is 65.9 cm³/mol. The van der Waals surface area contributed by atoms with Crippen LogP contribution >= 0.6 is 0 Å². The number of benzene rings is 1. The van der Waals surface area contributed by atoms with Gasteiger partial charge in [-0.05, 0) is 37.6 Å². The highest BCUT2D eigenvalue weighted by molar-refractivity contribution is 5.32. The highest BCUT2D eigenvalue weighted by Gasteiger charge is 2.32. The van der Waals surface area contributed by atoms with E-state index in [1.54, 1.807) is 13.0 Å². The van der Waals surface area contributed by atoms with Crippen molar-refractivity contribution in [2.75, 3.05) is 13.1 Å². The van der Waals surface area contributed by atoms with Gasteiger partial charge in [0, 0.05) is 6.54 Å². The molecule has 19 heavy (non-hydrogen) atoms. The predicted octanol–water partition coefficient (Wildman–Crippen LogP) is 2.79. The molecule has 1 unspecified atom stereocenters. The van der Waals surface area contributed by atoms with E-state index in [4.69, 9.17) is 0 Å². The standard InChI is InChI=1S/C13H18F3NO2/c1-3-7-17-9-12(2,18)10-5-4-6-11(8-10)19-13(14,15)16/h4-6,8,17-18H,3,7,9H2,1-2H3. The monoisotopic (exact) mass is 277 g/mol. The number of ether oxygens (including phenoxy) is 1. The van der Waals surface area contributed by atoms with Crippen LogP contribution in [0.3, 0.4) is 0 Å². The van der Waals surface area contributed by atoms with E-state index in [-0.39, 0.29) is 12.3 Å². The first-order valence-electron chi connectivity index (χ1n) is 6.04. The SMILES string of the molecule is CCCNCC(C)(O)c1cccc(OC(F)(F)F)c1. The second-order valence-electron chi connectivity index (χ2n) is 4.53. The van der Waals surface area contributed by atoms with Gasteiger partial charge in [-0.25, -0.2) is 0 Å². The number of hydrogen-bond donors (Lipinski definition) is 2. The lowest BCUT2D eigenvalue weighted by Crippen LogP contribution is -2.35. The van der Waals surface area contributed by atoms with Crippen LogP contribution in [0, 0.1) is 0 Å². The van der Waals surface area contributed by atoms with E-state index in [0.29, 0.717) is 5.56 Å². The molecule has 0 amide bonds. The van der Waals surface area contributed by atoms with Gasteiger partial charge in [0.2, 0.25) is 0 Å². The summed E-state index contributed by atoms with van der Waals surface area (Å²) in [4.78, 5) is 0. The fourth-order valence-corrected chi connectivity index (χ4v) is 1.64. The normalized spacial score (nSPS) is 15.1. The quantitative estimate of drug-likeness (QED) is 0.786. The third-order valence-corrected chi connectivity index (χ3v) is 2.59. The average molecular weight is 277 g/mol. The zero-order valence-electron chi connectivity index (χ0n) is 10.9. The van der Waals surface area contributed by atoms with Crippen LogP contribution in [0.25, 0.3) is 0 Å². The van der Waals surface area contributed by atoms with Crippen molar-refractivity contribution in [3.8, 4) is 5.75 Å². The maximum atomic E-state index is 12.1. The lowest BCUT2D eigenvalue weighted by molar-refractivity contribution is -0.274.